The molecule has 1 aliphatic heterocycles. The molecule has 0 unspecified atom stereocenters. The number of carbonyl (C=O) groups is 3. The number of nitrogens with one attached hydrogen (secondary N) is 2. The van der Waals surface area contributed by atoms with Crippen molar-refractivity contribution in [3.63, 3.8) is 0 Å². The molecule has 1 fully saturated rings. The van der Waals surface area contributed by atoms with E-state index in [1.165, 1.54) is 6.92 Å². The minimum absolute atomic E-state index is 0.162. The third-order valence-corrected chi connectivity index (χ3v) is 3.74. The summed E-state index contributed by atoms with van der Waals surface area (Å²) in [5, 5.41) is 13.7. The first-order valence-corrected chi connectivity index (χ1v) is 6.71. The van der Waals surface area contributed by atoms with Crippen LogP contribution in [0.2, 0.25) is 0 Å². The Labute approximate surface area is 109 Å². The fourth-order valence-electron chi connectivity index (χ4n) is 1.31. The van der Waals surface area contributed by atoms with Crippen molar-refractivity contribution in [2.75, 3.05) is 11.5 Å². The van der Waals surface area contributed by atoms with E-state index < -0.39 is 30.4 Å². The molecule has 5 N–H and O–H groups in total. The van der Waals surface area contributed by atoms with Crippen LogP contribution in [0.25, 0.3) is 0 Å². The van der Waals surface area contributed by atoms with Crippen molar-refractivity contribution in [1.29, 1.82) is 0 Å². The van der Waals surface area contributed by atoms with Crippen LogP contribution >= 0.6 is 11.8 Å². The largest absolute Gasteiger partial charge is 0.481 e. The molecule has 2 amide bonds. The van der Waals surface area contributed by atoms with Crippen molar-refractivity contribution in [2.45, 2.75) is 31.5 Å². The molecule has 0 spiro atoms. The quantitative estimate of drug-likeness (QED) is 0.469. The molecule has 0 aromatic carbocycles. The van der Waals surface area contributed by atoms with Crippen LogP contribution in [-0.4, -0.2) is 52.5 Å². The third kappa shape index (κ3) is 4.53. The summed E-state index contributed by atoms with van der Waals surface area (Å²) < 4.78 is 0. The zero-order valence-electron chi connectivity index (χ0n) is 10.0. The van der Waals surface area contributed by atoms with E-state index in [4.69, 9.17) is 10.8 Å². The van der Waals surface area contributed by atoms with Crippen molar-refractivity contribution in [3.05, 3.63) is 0 Å². The van der Waals surface area contributed by atoms with Crippen LogP contribution in [0.1, 0.15) is 13.3 Å². The van der Waals surface area contributed by atoms with Crippen LogP contribution in [0.3, 0.4) is 0 Å². The summed E-state index contributed by atoms with van der Waals surface area (Å²) in [6.45, 7) is 1.53. The number of hydrogen-bond donors (Lipinski definition) is 4. The van der Waals surface area contributed by atoms with E-state index in [-0.39, 0.29) is 11.9 Å². The maximum Gasteiger partial charge on any atom is 0.305 e. The number of amides is 2. The highest BCUT2D eigenvalue weighted by atomic mass is 32.2. The van der Waals surface area contributed by atoms with Gasteiger partial charge in [-0.2, -0.15) is 11.8 Å². The number of carboxylic acids is 1. The van der Waals surface area contributed by atoms with Gasteiger partial charge in [-0.15, -0.1) is 0 Å². The third-order valence-electron chi connectivity index (χ3n) is 2.47. The Bertz CT molecular complexity index is 346. The van der Waals surface area contributed by atoms with Crippen LogP contribution < -0.4 is 16.4 Å². The van der Waals surface area contributed by atoms with Gasteiger partial charge in [0.1, 0.15) is 6.04 Å². The Morgan fingerprint density at radius 2 is 2.00 bits per heavy atom. The van der Waals surface area contributed by atoms with Crippen LogP contribution in [-0.2, 0) is 14.4 Å². The Hall–Kier alpha value is -1.28. The van der Waals surface area contributed by atoms with E-state index >= 15 is 0 Å². The van der Waals surface area contributed by atoms with Crippen molar-refractivity contribution >= 4 is 29.5 Å². The minimum Gasteiger partial charge on any atom is -0.481 e. The minimum atomic E-state index is -1.15. The van der Waals surface area contributed by atoms with Gasteiger partial charge < -0.3 is 21.5 Å². The second-order valence-corrected chi connectivity index (χ2v) is 5.25. The Morgan fingerprint density at radius 3 is 2.44 bits per heavy atom. The van der Waals surface area contributed by atoms with Crippen molar-refractivity contribution in [2.24, 2.45) is 5.73 Å². The lowest BCUT2D eigenvalue weighted by atomic mass is 10.2. The molecule has 0 bridgehead atoms. The molecule has 0 radical (unpaired) electrons. The molecule has 0 aromatic rings. The second-order valence-electron chi connectivity index (χ2n) is 4.18. The predicted octanol–water partition coefficient (Wildman–Crippen LogP) is -1.48. The topological polar surface area (TPSA) is 122 Å². The Morgan fingerprint density at radius 1 is 1.39 bits per heavy atom. The van der Waals surface area contributed by atoms with Crippen molar-refractivity contribution in [1.82, 2.24) is 10.6 Å². The summed E-state index contributed by atoms with van der Waals surface area (Å²) in [5.41, 5.74) is 5.38. The van der Waals surface area contributed by atoms with E-state index in [0.29, 0.717) is 0 Å². The number of aliphatic carboxylic acids is 1. The van der Waals surface area contributed by atoms with Crippen molar-refractivity contribution < 1.29 is 19.5 Å². The van der Waals surface area contributed by atoms with Gasteiger partial charge in [0.05, 0.1) is 12.5 Å². The first-order valence-electron chi connectivity index (χ1n) is 5.56. The first-order chi connectivity index (χ1) is 8.40. The number of carbonyl (C=O) groups excluding carboxylic acids is 2. The highest BCUT2D eigenvalue weighted by Gasteiger charge is 2.25. The average Bonchev–Trinajstić information content (AvgIpc) is 2.21. The number of hydrogen-bond acceptors (Lipinski definition) is 5. The van der Waals surface area contributed by atoms with Crippen LogP contribution in [0.4, 0.5) is 0 Å². The summed E-state index contributed by atoms with van der Waals surface area (Å²) in [4.78, 5) is 33.5. The van der Waals surface area contributed by atoms with E-state index in [2.05, 4.69) is 10.6 Å². The highest BCUT2D eigenvalue weighted by molar-refractivity contribution is 8.00. The molecule has 1 rings (SSSR count). The SMILES string of the molecule is C[C@@H](NC(=O)[C@@H](N)CC(=O)O)C(=O)NC1CSC1. The summed E-state index contributed by atoms with van der Waals surface area (Å²) >= 11 is 1.74. The molecular formula is C10H17N3O4S. The standard InChI is InChI=1S/C10H17N3O4S/c1-5(9(16)13-6-3-18-4-6)12-10(17)7(11)2-8(14)15/h5-7H,2-4,11H2,1H3,(H,12,17)(H,13,16)(H,14,15)/t5-,7+/m1/s1. The lowest BCUT2D eigenvalue weighted by Gasteiger charge is -2.27. The van der Waals surface area contributed by atoms with Gasteiger partial charge in [0.25, 0.3) is 0 Å². The summed E-state index contributed by atoms with van der Waals surface area (Å²) in [6.07, 6.45) is -0.459. The molecule has 2 atom stereocenters. The van der Waals surface area contributed by atoms with E-state index in [0.717, 1.165) is 11.5 Å². The van der Waals surface area contributed by atoms with Crippen LogP contribution in [0.5, 0.6) is 0 Å². The number of rotatable bonds is 6. The van der Waals surface area contributed by atoms with Crippen LogP contribution in [0.15, 0.2) is 0 Å². The number of thioether (sulfide) groups is 1. The zero-order valence-corrected chi connectivity index (χ0v) is 10.8. The predicted molar refractivity (Wildman–Crippen MR) is 67.1 cm³/mol. The van der Waals surface area contributed by atoms with E-state index in [9.17, 15) is 14.4 Å². The fourth-order valence-corrected chi connectivity index (χ4v) is 1.95. The summed E-state index contributed by atoms with van der Waals surface area (Å²) in [5.74, 6) is -0.309. The molecule has 0 aromatic heterocycles. The second kappa shape index (κ2) is 6.60. The zero-order chi connectivity index (χ0) is 13.7. The maximum absolute atomic E-state index is 11.6. The average molecular weight is 275 g/mol. The molecule has 102 valence electrons. The van der Waals surface area contributed by atoms with Gasteiger partial charge in [-0.3, -0.25) is 14.4 Å². The van der Waals surface area contributed by atoms with Gasteiger partial charge in [-0.1, -0.05) is 0 Å². The molecule has 0 saturated carbocycles. The molecule has 1 heterocycles. The summed E-state index contributed by atoms with van der Waals surface area (Å²) in [6, 6.07) is -1.70. The maximum atomic E-state index is 11.6. The Kier molecular flexibility index (Phi) is 5.42. The van der Waals surface area contributed by atoms with Crippen LogP contribution in [0, 0.1) is 0 Å². The van der Waals surface area contributed by atoms with E-state index in [1.807, 2.05) is 0 Å². The lowest BCUT2D eigenvalue weighted by Crippen LogP contribution is -2.54. The van der Waals surface area contributed by atoms with Gasteiger partial charge in [0.15, 0.2) is 0 Å². The Balaban J connectivity index is 2.33. The van der Waals surface area contributed by atoms with E-state index in [1.54, 1.807) is 11.8 Å². The number of nitrogens with two attached hydrogens (primary N) is 1. The summed E-state index contributed by atoms with van der Waals surface area (Å²) in [7, 11) is 0. The normalized spacial score (nSPS) is 18.3. The van der Waals surface area contributed by atoms with Gasteiger partial charge in [0, 0.05) is 17.5 Å². The molecule has 7 nitrogen and oxygen atoms in total. The highest BCUT2D eigenvalue weighted by Crippen LogP contribution is 2.17. The molecule has 1 saturated heterocycles. The fraction of sp³-hybridized carbons (Fsp3) is 0.700. The molecular weight excluding hydrogens is 258 g/mol. The van der Waals surface area contributed by atoms with Gasteiger partial charge in [-0.05, 0) is 6.92 Å². The first kappa shape index (κ1) is 14.8. The smallest absolute Gasteiger partial charge is 0.305 e. The number of carboxylic acid groups (broad SMARTS) is 1. The van der Waals surface area contributed by atoms with Gasteiger partial charge in [0.2, 0.25) is 11.8 Å². The molecule has 8 heteroatoms. The lowest BCUT2D eigenvalue weighted by molar-refractivity contribution is -0.139. The van der Waals surface area contributed by atoms with Gasteiger partial charge >= 0.3 is 5.97 Å². The van der Waals surface area contributed by atoms with Crippen molar-refractivity contribution in [3.8, 4) is 0 Å². The molecule has 0 aliphatic carbocycles. The van der Waals surface area contributed by atoms with Gasteiger partial charge in [-0.25, -0.2) is 0 Å². The molecule has 1 aliphatic rings. The molecule has 18 heavy (non-hydrogen) atoms. The monoisotopic (exact) mass is 275 g/mol.